The van der Waals surface area contributed by atoms with Crippen molar-refractivity contribution in [2.75, 3.05) is 20.1 Å². The standard InChI is InChI=1S/C27H35FN4OS/c1-5-32-20(3)23(19(2)29-32)18-31-14-12-21(13-15-31)25(17-22-9-6-7-10-24(22)28)30(4)27(33)26-11-8-16-34-26/h6-11,16,21,25H,5,12-15,17-18H2,1-4H3. The number of aryl methyl sites for hydroxylation is 2. The van der Waals surface area contributed by atoms with Gasteiger partial charge in [-0.05, 0) is 82.1 Å². The molecule has 1 atom stereocenters. The van der Waals surface area contributed by atoms with E-state index in [1.54, 1.807) is 6.07 Å². The molecule has 182 valence electrons. The molecule has 1 unspecified atom stereocenters. The van der Waals surface area contributed by atoms with Crippen LogP contribution in [0, 0.1) is 25.6 Å². The zero-order chi connectivity index (χ0) is 24.2. The van der Waals surface area contributed by atoms with Gasteiger partial charge in [0.1, 0.15) is 5.82 Å². The molecule has 1 aliphatic heterocycles. The highest BCUT2D eigenvalue weighted by Gasteiger charge is 2.33. The topological polar surface area (TPSA) is 41.4 Å². The van der Waals surface area contributed by atoms with Crippen LogP contribution >= 0.6 is 11.3 Å². The van der Waals surface area contributed by atoms with Crippen molar-refractivity contribution in [2.45, 2.75) is 59.2 Å². The van der Waals surface area contributed by atoms with Crippen LogP contribution in [0.4, 0.5) is 4.39 Å². The van der Waals surface area contributed by atoms with Crippen molar-refractivity contribution in [3.8, 4) is 0 Å². The van der Waals surface area contributed by atoms with E-state index in [0.29, 0.717) is 17.9 Å². The zero-order valence-electron chi connectivity index (χ0n) is 20.6. The molecule has 0 saturated carbocycles. The number of benzene rings is 1. The van der Waals surface area contributed by atoms with Gasteiger partial charge >= 0.3 is 0 Å². The van der Waals surface area contributed by atoms with E-state index in [4.69, 9.17) is 0 Å². The highest BCUT2D eigenvalue weighted by atomic mass is 32.1. The van der Waals surface area contributed by atoms with Crippen molar-refractivity contribution in [1.29, 1.82) is 0 Å². The van der Waals surface area contributed by atoms with Gasteiger partial charge in [-0.3, -0.25) is 14.4 Å². The third kappa shape index (κ3) is 5.26. The minimum atomic E-state index is -0.194. The zero-order valence-corrected chi connectivity index (χ0v) is 21.4. The minimum Gasteiger partial charge on any atom is -0.337 e. The lowest BCUT2D eigenvalue weighted by atomic mass is 9.84. The maximum Gasteiger partial charge on any atom is 0.263 e. The first kappa shape index (κ1) is 24.6. The second-order valence-corrected chi connectivity index (χ2v) is 10.3. The van der Waals surface area contributed by atoms with Crippen LogP contribution in [0.2, 0.25) is 0 Å². The Morgan fingerprint density at radius 2 is 1.94 bits per heavy atom. The first-order valence-corrected chi connectivity index (χ1v) is 13.1. The number of likely N-dealkylation sites (tertiary alicyclic amines) is 1. The van der Waals surface area contributed by atoms with Gasteiger partial charge in [0.15, 0.2) is 0 Å². The second kappa shape index (κ2) is 10.8. The average Bonchev–Trinajstić information content (AvgIpc) is 3.48. The Kier molecular flexibility index (Phi) is 7.84. The molecule has 34 heavy (non-hydrogen) atoms. The van der Waals surface area contributed by atoms with Crippen molar-refractivity contribution in [3.05, 3.63) is 75.0 Å². The van der Waals surface area contributed by atoms with Crippen LogP contribution in [0.3, 0.4) is 0 Å². The number of nitrogens with zero attached hydrogens (tertiary/aromatic N) is 4. The van der Waals surface area contributed by atoms with Crippen LogP contribution in [0.1, 0.15) is 52.0 Å². The second-order valence-electron chi connectivity index (χ2n) is 9.33. The molecular weight excluding hydrogens is 447 g/mol. The molecule has 0 spiro atoms. The lowest BCUT2D eigenvalue weighted by molar-refractivity contribution is 0.0587. The number of halogens is 1. The summed E-state index contributed by atoms with van der Waals surface area (Å²) in [4.78, 5) is 18.3. The average molecular weight is 483 g/mol. The molecule has 0 bridgehead atoms. The molecule has 0 radical (unpaired) electrons. The smallest absolute Gasteiger partial charge is 0.263 e. The fourth-order valence-electron chi connectivity index (χ4n) is 5.22. The molecule has 3 heterocycles. The summed E-state index contributed by atoms with van der Waals surface area (Å²) in [6.07, 6.45) is 2.51. The van der Waals surface area contributed by atoms with E-state index in [0.717, 1.165) is 49.6 Å². The molecule has 0 aliphatic carbocycles. The van der Waals surface area contributed by atoms with Gasteiger partial charge in [-0.1, -0.05) is 24.3 Å². The van der Waals surface area contributed by atoms with Gasteiger partial charge in [0.25, 0.3) is 5.91 Å². The van der Waals surface area contributed by atoms with Crippen LogP contribution in [0.15, 0.2) is 41.8 Å². The SMILES string of the molecule is CCn1nc(C)c(CN2CCC(C(Cc3ccccc3F)N(C)C(=O)c3cccs3)CC2)c1C. The monoisotopic (exact) mass is 482 g/mol. The quantitative estimate of drug-likeness (QED) is 0.437. The molecule has 3 aromatic rings. The van der Waals surface area contributed by atoms with E-state index in [1.807, 2.05) is 41.6 Å². The molecule has 1 fully saturated rings. The fourth-order valence-corrected chi connectivity index (χ4v) is 5.93. The maximum absolute atomic E-state index is 14.5. The van der Waals surface area contributed by atoms with E-state index < -0.39 is 0 Å². The summed E-state index contributed by atoms with van der Waals surface area (Å²) < 4.78 is 16.6. The number of amides is 1. The summed E-state index contributed by atoms with van der Waals surface area (Å²) in [6, 6.07) is 10.7. The van der Waals surface area contributed by atoms with E-state index >= 15 is 0 Å². The number of aromatic nitrogens is 2. The Balaban J connectivity index is 1.48. The molecule has 0 N–H and O–H groups in total. The van der Waals surface area contributed by atoms with Crippen LogP contribution in [0.25, 0.3) is 0 Å². The number of rotatable bonds is 8. The van der Waals surface area contributed by atoms with Crippen molar-refractivity contribution in [2.24, 2.45) is 5.92 Å². The third-order valence-electron chi connectivity index (χ3n) is 7.33. The molecule has 7 heteroatoms. The molecular formula is C27H35FN4OS. The van der Waals surface area contributed by atoms with E-state index in [2.05, 4.69) is 35.5 Å². The lowest BCUT2D eigenvalue weighted by Gasteiger charge is -2.40. The summed E-state index contributed by atoms with van der Waals surface area (Å²) in [5, 5.41) is 6.60. The molecule has 1 aromatic carbocycles. The number of piperidine rings is 1. The van der Waals surface area contributed by atoms with Crippen LogP contribution < -0.4 is 0 Å². The van der Waals surface area contributed by atoms with Gasteiger partial charge in [0.2, 0.25) is 0 Å². The fraction of sp³-hybridized carbons (Fsp3) is 0.481. The predicted octanol–water partition coefficient (Wildman–Crippen LogP) is 5.32. The third-order valence-corrected chi connectivity index (χ3v) is 8.18. The van der Waals surface area contributed by atoms with Crippen molar-refractivity contribution >= 4 is 17.2 Å². The summed E-state index contributed by atoms with van der Waals surface area (Å²) in [5.74, 6) is 0.156. The van der Waals surface area contributed by atoms with Crippen LogP contribution in [-0.2, 0) is 19.5 Å². The molecule has 2 aromatic heterocycles. The van der Waals surface area contributed by atoms with E-state index in [-0.39, 0.29) is 17.8 Å². The number of carbonyl (C=O) groups excluding carboxylic acids is 1. The first-order chi connectivity index (χ1) is 16.4. The number of hydrogen-bond donors (Lipinski definition) is 0. The minimum absolute atomic E-state index is 0.0250. The number of thiophene rings is 1. The first-order valence-electron chi connectivity index (χ1n) is 12.2. The van der Waals surface area contributed by atoms with Gasteiger partial charge in [0.05, 0.1) is 10.6 Å². The lowest BCUT2D eigenvalue weighted by Crippen LogP contribution is -2.47. The number of carbonyl (C=O) groups is 1. The number of likely N-dealkylation sites (N-methyl/N-ethyl adjacent to an activating group) is 1. The highest BCUT2D eigenvalue weighted by molar-refractivity contribution is 7.12. The highest BCUT2D eigenvalue weighted by Crippen LogP contribution is 2.29. The normalized spacial score (nSPS) is 16.0. The summed E-state index contributed by atoms with van der Waals surface area (Å²) in [6.45, 7) is 10.1. The Morgan fingerprint density at radius 3 is 2.56 bits per heavy atom. The Hall–Kier alpha value is -2.51. The largest absolute Gasteiger partial charge is 0.337 e. The molecule has 1 saturated heterocycles. The van der Waals surface area contributed by atoms with Gasteiger partial charge in [-0.2, -0.15) is 5.10 Å². The van der Waals surface area contributed by atoms with E-state index in [9.17, 15) is 9.18 Å². The Bertz CT molecular complexity index is 1100. The molecule has 4 rings (SSSR count). The van der Waals surface area contributed by atoms with Gasteiger partial charge in [-0.15, -0.1) is 11.3 Å². The van der Waals surface area contributed by atoms with E-state index in [1.165, 1.54) is 28.7 Å². The molecule has 1 aliphatic rings. The summed E-state index contributed by atoms with van der Waals surface area (Å²) >= 11 is 1.46. The molecule has 1 amide bonds. The van der Waals surface area contributed by atoms with Crippen molar-refractivity contribution in [3.63, 3.8) is 0 Å². The maximum atomic E-state index is 14.5. The molecule has 5 nitrogen and oxygen atoms in total. The van der Waals surface area contributed by atoms with Crippen LogP contribution in [-0.4, -0.2) is 51.7 Å². The van der Waals surface area contributed by atoms with Crippen molar-refractivity contribution < 1.29 is 9.18 Å². The van der Waals surface area contributed by atoms with Crippen LogP contribution in [0.5, 0.6) is 0 Å². The predicted molar refractivity (Wildman–Crippen MR) is 136 cm³/mol. The van der Waals surface area contributed by atoms with Gasteiger partial charge in [-0.25, -0.2) is 4.39 Å². The van der Waals surface area contributed by atoms with Crippen molar-refractivity contribution in [1.82, 2.24) is 19.6 Å². The van der Waals surface area contributed by atoms with Gasteiger partial charge < -0.3 is 4.90 Å². The van der Waals surface area contributed by atoms with Gasteiger partial charge in [0, 0.05) is 37.4 Å². The Labute approximate surface area is 206 Å². The number of hydrogen-bond acceptors (Lipinski definition) is 4. The Morgan fingerprint density at radius 1 is 1.21 bits per heavy atom. The summed E-state index contributed by atoms with van der Waals surface area (Å²) in [5.41, 5.74) is 4.37. The summed E-state index contributed by atoms with van der Waals surface area (Å²) in [7, 11) is 1.88.